The van der Waals surface area contributed by atoms with Gasteiger partial charge in [-0.1, -0.05) is 6.07 Å². The van der Waals surface area contributed by atoms with Gasteiger partial charge in [-0.3, -0.25) is 9.78 Å². The number of hydrogen-bond acceptors (Lipinski definition) is 3. The number of aryl methyl sites for hydroxylation is 1. The van der Waals surface area contributed by atoms with Gasteiger partial charge in [0.05, 0.1) is 20.0 Å². The summed E-state index contributed by atoms with van der Waals surface area (Å²) in [4.78, 5) is 16.8. The van der Waals surface area contributed by atoms with Crippen molar-refractivity contribution in [3.63, 3.8) is 0 Å². The molecular formula is C12H11IN2OS. The maximum absolute atomic E-state index is 11.9. The van der Waals surface area contributed by atoms with E-state index < -0.39 is 0 Å². The maximum atomic E-state index is 11.9. The van der Waals surface area contributed by atoms with Crippen LogP contribution in [0.4, 0.5) is 0 Å². The lowest BCUT2D eigenvalue weighted by molar-refractivity contribution is 0.0954. The van der Waals surface area contributed by atoms with Gasteiger partial charge in [0.15, 0.2) is 0 Å². The Morgan fingerprint density at radius 3 is 2.94 bits per heavy atom. The van der Waals surface area contributed by atoms with Gasteiger partial charge < -0.3 is 5.32 Å². The lowest BCUT2D eigenvalue weighted by Gasteiger charge is -2.02. The van der Waals surface area contributed by atoms with E-state index in [0.717, 1.165) is 19.0 Å². The second-order valence-electron chi connectivity index (χ2n) is 3.57. The predicted octanol–water partition coefficient (Wildman–Crippen LogP) is 2.99. The van der Waals surface area contributed by atoms with Crippen LogP contribution in [-0.4, -0.2) is 10.9 Å². The first-order valence-corrected chi connectivity index (χ1v) is 7.00. The number of carbonyl (C=O) groups is 1. The molecule has 0 aliphatic carbocycles. The number of amides is 1. The van der Waals surface area contributed by atoms with Crippen LogP contribution in [0.1, 0.15) is 20.9 Å². The fourth-order valence-corrected chi connectivity index (χ4v) is 3.01. The SMILES string of the molecule is Cc1cc(C(=O)NCc2ccccn2)sc1I. The molecule has 1 amide bonds. The van der Waals surface area contributed by atoms with Crippen LogP contribution < -0.4 is 5.32 Å². The summed E-state index contributed by atoms with van der Waals surface area (Å²) in [6.07, 6.45) is 1.72. The number of nitrogens with zero attached hydrogens (tertiary/aromatic N) is 1. The molecule has 2 heterocycles. The van der Waals surface area contributed by atoms with E-state index in [-0.39, 0.29) is 5.91 Å². The average molecular weight is 358 g/mol. The normalized spacial score (nSPS) is 10.2. The van der Waals surface area contributed by atoms with Crippen molar-refractivity contribution in [2.24, 2.45) is 0 Å². The minimum atomic E-state index is -0.0355. The molecule has 1 N–H and O–H groups in total. The molecule has 0 saturated carbocycles. The fourth-order valence-electron chi connectivity index (χ4n) is 1.33. The van der Waals surface area contributed by atoms with Crippen LogP contribution in [0.3, 0.4) is 0 Å². The first-order valence-electron chi connectivity index (χ1n) is 5.11. The molecule has 0 bridgehead atoms. The Labute approximate surface area is 117 Å². The summed E-state index contributed by atoms with van der Waals surface area (Å²) in [7, 11) is 0. The highest BCUT2D eigenvalue weighted by atomic mass is 127. The zero-order valence-corrected chi connectivity index (χ0v) is 12.2. The molecule has 2 aromatic heterocycles. The van der Waals surface area contributed by atoms with Crippen LogP contribution in [-0.2, 0) is 6.54 Å². The van der Waals surface area contributed by atoms with Gasteiger partial charge in [0.2, 0.25) is 0 Å². The lowest BCUT2D eigenvalue weighted by atomic mass is 10.3. The Kier molecular flexibility index (Phi) is 4.11. The van der Waals surface area contributed by atoms with Crippen LogP contribution in [0.2, 0.25) is 0 Å². The second kappa shape index (κ2) is 5.59. The van der Waals surface area contributed by atoms with Crippen molar-refractivity contribution in [1.82, 2.24) is 10.3 Å². The minimum absolute atomic E-state index is 0.0355. The van der Waals surface area contributed by atoms with E-state index in [0.29, 0.717) is 6.54 Å². The first kappa shape index (κ1) is 12.5. The number of aromatic nitrogens is 1. The van der Waals surface area contributed by atoms with E-state index in [1.54, 1.807) is 6.20 Å². The number of pyridine rings is 1. The Bertz CT molecular complexity index is 505. The Hall–Kier alpha value is -0.950. The van der Waals surface area contributed by atoms with Crippen LogP contribution in [0.25, 0.3) is 0 Å². The summed E-state index contributed by atoms with van der Waals surface area (Å²) >= 11 is 3.76. The topological polar surface area (TPSA) is 42.0 Å². The Balaban J connectivity index is 1.98. The molecule has 0 aliphatic heterocycles. The predicted molar refractivity (Wildman–Crippen MR) is 77.2 cm³/mol. The van der Waals surface area contributed by atoms with Crippen molar-refractivity contribution in [2.75, 3.05) is 0 Å². The highest BCUT2D eigenvalue weighted by Gasteiger charge is 2.10. The molecular weight excluding hydrogens is 347 g/mol. The largest absolute Gasteiger partial charge is 0.346 e. The zero-order valence-electron chi connectivity index (χ0n) is 9.24. The van der Waals surface area contributed by atoms with Gasteiger partial charge in [0, 0.05) is 6.20 Å². The Morgan fingerprint density at radius 1 is 1.53 bits per heavy atom. The summed E-state index contributed by atoms with van der Waals surface area (Å²) in [6, 6.07) is 7.58. The molecule has 0 aromatic carbocycles. The highest BCUT2D eigenvalue weighted by molar-refractivity contribution is 14.1. The van der Waals surface area contributed by atoms with E-state index >= 15 is 0 Å². The van der Waals surface area contributed by atoms with E-state index in [1.165, 1.54) is 11.3 Å². The molecule has 3 nitrogen and oxygen atoms in total. The third-order valence-electron chi connectivity index (χ3n) is 2.24. The van der Waals surface area contributed by atoms with Crippen LogP contribution >= 0.6 is 33.9 Å². The Morgan fingerprint density at radius 2 is 2.35 bits per heavy atom. The molecule has 5 heteroatoms. The molecule has 17 heavy (non-hydrogen) atoms. The number of halogens is 1. The highest BCUT2D eigenvalue weighted by Crippen LogP contribution is 2.23. The maximum Gasteiger partial charge on any atom is 0.261 e. The number of rotatable bonds is 3. The molecule has 0 spiro atoms. The van der Waals surface area contributed by atoms with Crippen LogP contribution in [0.5, 0.6) is 0 Å². The standard InChI is InChI=1S/C12H11IN2OS/c1-8-6-10(17-11(8)13)12(16)15-7-9-4-2-3-5-14-9/h2-6H,7H2,1H3,(H,15,16). The van der Waals surface area contributed by atoms with E-state index in [1.807, 2.05) is 31.2 Å². The van der Waals surface area contributed by atoms with Gasteiger partial charge >= 0.3 is 0 Å². The monoisotopic (exact) mass is 358 g/mol. The van der Waals surface area contributed by atoms with Crippen molar-refractivity contribution in [3.8, 4) is 0 Å². The van der Waals surface area contributed by atoms with Gasteiger partial charge in [-0.15, -0.1) is 11.3 Å². The van der Waals surface area contributed by atoms with Gasteiger partial charge in [0.25, 0.3) is 5.91 Å². The number of thiophene rings is 1. The van der Waals surface area contributed by atoms with Crippen LogP contribution in [0, 0.1) is 9.81 Å². The third-order valence-corrected chi connectivity index (χ3v) is 4.77. The summed E-state index contributed by atoms with van der Waals surface area (Å²) in [6.45, 7) is 2.47. The van der Waals surface area contributed by atoms with Crippen molar-refractivity contribution in [3.05, 3.63) is 49.5 Å². The summed E-state index contributed by atoms with van der Waals surface area (Å²) < 4.78 is 1.16. The number of hydrogen-bond donors (Lipinski definition) is 1. The van der Waals surface area contributed by atoms with Gasteiger partial charge in [-0.05, 0) is 53.3 Å². The number of carbonyl (C=O) groups excluding carboxylic acids is 1. The molecule has 88 valence electrons. The second-order valence-corrected chi connectivity index (χ2v) is 6.43. The summed E-state index contributed by atoms with van der Waals surface area (Å²) in [5.74, 6) is -0.0355. The van der Waals surface area contributed by atoms with Gasteiger partial charge in [-0.2, -0.15) is 0 Å². The van der Waals surface area contributed by atoms with Gasteiger partial charge in [0.1, 0.15) is 0 Å². The number of nitrogens with one attached hydrogen (secondary N) is 1. The van der Waals surface area contributed by atoms with Gasteiger partial charge in [-0.25, -0.2) is 0 Å². The van der Waals surface area contributed by atoms with E-state index in [4.69, 9.17) is 0 Å². The smallest absolute Gasteiger partial charge is 0.261 e. The van der Waals surface area contributed by atoms with Crippen molar-refractivity contribution < 1.29 is 4.79 Å². The molecule has 0 saturated heterocycles. The van der Waals surface area contributed by atoms with Crippen molar-refractivity contribution >= 4 is 39.8 Å². The van der Waals surface area contributed by atoms with E-state index in [2.05, 4.69) is 32.9 Å². The zero-order chi connectivity index (χ0) is 12.3. The van der Waals surface area contributed by atoms with Crippen molar-refractivity contribution in [1.29, 1.82) is 0 Å². The first-order chi connectivity index (χ1) is 8.16. The van der Waals surface area contributed by atoms with E-state index in [9.17, 15) is 4.79 Å². The minimum Gasteiger partial charge on any atom is -0.346 e. The molecule has 2 rings (SSSR count). The molecule has 0 atom stereocenters. The van der Waals surface area contributed by atoms with Crippen molar-refractivity contribution in [2.45, 2.75) is 13.5 Å². The third kappa shape index (κ3) is 3.26. The fraction of sp³-hybridized carbons (Fsp3) is 0.167. The van der Waals surface area contributed by atoms with Crippen LogP contribution in [0.15, 0.2) is 30.5 Å². The molecule has 0 unspecified atom stereocenters. The summed E-state index contributed by atoms with van der Waals surface area (Å²) in [5, 5.41) is 2.86. The summed E-state index contributed by atoms with van der Waals surface area (Å²) in [5.41, 5.74) is 2.02. The quantitative estimate of drug-likeness (QED) is 0.858. The lowest BCUT2D eigenvalue weighted by Crippen LogP contribution is -2.22. The molecule has 0 fully saturated rings. The molecule has 0 radical (unpaired) electrons. The molecule has 0 aliphatic rings. The molecule has 2 aromatic rings. The average Bonchev–Trinajstić information content (AvgIpc) is 2.68.